The number of hydrogen-bond acceptors (Lipinski definition) is 0. The molecule has 0 aliphatic carbocycles. The van der Waals surface area contributed by atoms with Gasteiger partial charge in [-0.3, -0.25) is 0 Å². The van der Waals surface area contributed by atoms with Crippen LogP contribution in [0.2, 0.25) is 10.0 Å². The monoisotopic (exact) mass is 268 g/mol. The Morgan fingerprint density at radius 1 is 0.688 bits per heavy atom. The van der Waals surface area contributed by atoms with E-state index in [-0.39, 0.29) is 5.66 Å². The van der Waals surface area contributed by atoms with Gasteiger partial charge in [-0.15, -0.1) is 9.24 Å². The standard InChI is InChI=1S/C13H11Cl2P/c14-11-5-1-9(2-6-11)13(16)10-3-7-12(15)8-4-10/h1-8,13H,16H2. The molecule has 16 heavy (non-hydrogen) atoms. The van der Waals surface area contributed by atoms with E-state index in [0.29, 0.717) is 0 Å². The van der Waals surface area contributed by atoms with Gasteiger partial charge in [-0.05, 0) is 35.4 Å². The number of hydrogen-bond donors (Lipinski definition) is 0. The summed E-state index contributed by atoms with van der Waals surface area (Å²) in [5.74, 6) is 0. The highest BCUT2D eigenvalue weighted by Gasteiger charge is 2.07. The van der Waals surface area contributed by atoms with Crippen molar-refractivity contribution in [2.45, 2.75) is 5.66 Å². The second-order valence-corrected chi connectivity index (χ2v) is 5.12. The lowest BCUT2D eigenvalue weighted by Gasteiger charge is -2.12. The third-order valence-corrected chi connectivity index (χ3v) is 3.73. The minimum Gasteiger partial charge on any atom is -0.125 e. The highest BCUT2D eigenvalue weighted by molar-refractivity contribution is 7.17. The molecule has 1 atom stereocenters. The summed E-state index contributed by atoms with van der Waals surface area (Å²) in [6.07, 6.45) is 0. The third-order valence-electron chi connectivity index (χ3n) is 2.46. The van der Waals surface area contributed by atoms with Crippen LogP contribution in [0.4, 0.5) is 0 Å². The van der Waals surface area contributed by atoms with E-state index in [2.05, 4.69) is 9.24 Å². The molecule has 0 aromatic heterocycles. The Labute approximate surface area is 108 Å². The number of halogens is 2. The lowest BCUT2D eigenvalue weighted by molar-refractivity contribution is 1.16. The summed E-state index contributed by atoms with van der Waals surface area (Å²) < 4.78 is 0. The van der Waals surface area contributed by atoms with Crippen LogP contribution >= 0.6 is 32.4 Å². The number of benzene rings is 2. The Morgan fingerprint density at radius 3 is 1.31 bits per heavy atom. The fourth-order valence-electron chi connectivity index (χ4n) is 1.53. The topological polar surface area (TPSA) is 0 Å². The average Bonchev–Trinajstić information content (AvgIpc) is 2.30. The molecule has 0 heterocycles. The number of rotatable bonds is 2. The summed E-state index contributed by atoms with van der Waals surface area (Å²) in [6.45, 7) is 0. The van der Waals surface area contributed by atoms with Gasteiger partial charge in [-0.25, -0.2) is 0 Å². The smallest absolute Gasteiger partial charge is 0.0406 e. The predicted octanol–water partition coefficient (Wildman–Crippen LogP) is 4.96. The van der Waals surface area contributed by atoms with E-state index in [9.17, 15) is 0 Å². The molecule has 3 heteroatoms. The quantitative estimate of drug-likeness (QED) is 0.676. The van der Waals surface area contributed by atoms with Crippen LogP contribution in [0.1, 0.15) is 16.8 Å². The van der Waals surface area contributed by atoms with Crippen molar-refractivity contribution in [2.75, 3.05) is 0 Å². The Balaban J connectivity index is 2.28. The maximum atomic E-state index is 5.86. The van der Waals surface area contributed by atoms with Crippen LogP contribution < -0.4 is 0 Å². The van der Waals surface area contributed by atoms with Crippen molar-refractivity contribution in [3.63, 3.8) is 0 Å². The molecule has 2 rings (SSSR count). The molecule has 0 radical (unpaired) electrons. The lowest BCUT2D eigenvalue weighted by Crippen LogP contribution is -1.91. The van der Waals surface area contributed by atoms with E-state index < -0.39 is 0 Å². The van der Waals surface area contributed by atoms with Gasteiger partial charge in [0.1, 0.15) is 0 Å². The van der Waals surface area contributed by atoms with E-state index in [1.807, 2.05) is 48.5 Å². The zero-order valence-electron chi connectivity index (χ0n) is 8.53. The molecule has 0 spiro atoms. The van der Waals surface area contributed by atoms with Crippen molar-refractivity contribution in [3.8, 4) is 0 Å². The van der Waals surface area contributed by atoms with Crippen molar-refractivity contribution in [3.05, 3.63) is 69.7 Å². The second-order valence-electron chi connectivity index (χ2n) is 3.58. The molecular formula is C13H11Cl2P. The molecule has 0 saturated carbocycles. The van der Waals surface area contributed by atoms with Gasteiger partial charge in [0.15, 0.2) is 0 Å². The van der Waals surface area contributed by atoms with E-state index in [0.717, 1.165) is 10.0 Å². The van der Waals surface area contributed by atoms with E-state index >= 15 is 0 Å². The highest BCUT2D eigenvalue weighted by atomic mass is 35.5. The van der Waals surface area contributed by atoms with E-state index in [1.54, 1.807) is 0 Å². The van der Waals surface area contributed by atoms with Gasteiger partial charge in [0.2, 0.25) is 0 Å². The molecule has 82 valence electrons. The maximum Gasteiger partial charge on any atom is 0.0406 e. The summed E-state index contributed by atoms with van der Waals surface area (Å²) in [6, 6.07) is 15.8. The maximum absolute atomic E-state index is 5.86. The van der Waals surface area contributed by atoms with Crippen LogP contribution in [0.25, 0.3) is 0 Å². The summed E-state index contributed by atoms with van der Waals surface area (Å²) in [5, 5.41) is 1.52. The molecule has 2 aromatic carbocycles. The van der Waals surface area contributed by atoms with Crippen LogP contribution in [0.15, 0.2) is 48.5 Å². The average molecular weight is 269 g/mol. The first-order valence-electron chi connectivity index (χ1n) is 4.93. The summed E-state index contributed by atoms with van der Waals surface area (Å²) in [5.41, 5.74) is 2.71. The molecule has 1 unspecified atom stereocenters. The van der Waals surface area contributed by atoms with Crippen molar-refractivity contribution >= 4 is 32.4 Å². The fraction of sp³-hybridized carbons (Fsp3) is 0.0769. The van der Waals surface area contributed by atoms with E-state index in [4.69, 9.17) is 23.2 Å². The first-order chi connectivity index (χ1) is 7.66. The molecule has 0 saturated heterocycles. The normalized spacial score (nSPS) is 10.8. The Bertz CT molecular complexity index is 417. The molecule has 0 amide bonds. The van der Waals surface area contributed by atoms with Gasteiger partial charge >= 0.3 is 0 Å². The van der Waals surface area contributed by atoms with Gasteiger partial charge in [0.05, 0.1) is 0 Å². The third kappa shape index (κ3) is 2.77. The van der Waals surface area contributed by atoms with Crippen LogP contribution in [0.3, 0.4) is 0 Å². The van der Waals surface area contributed by atoms with Crippen LogP contribution in [-0.2, 0) is 0 Å². The van der Waals surface area contributed by atoms with Crippen molar-refractivity contribution < 1.29 is 0 Å². The first kappa shape index (κ1) is 11.9. The van der Waals surface area contributed by atoms with Gasteiger partial charge in [-0.1, -0.05) is 47.5 Å². The summed E-state index contributed by atoms with van der Waals surface area (Å²) in [7, 11) is 2.83. The minimum atomic E-state index is 0.273. The first-order valence-corrected chi connectivity index (χ1v) is 6.35. The minimum absolute atomic E-state index is 0.273. The predicted molar refractivity (Wildman–Crippen MR) is 74.5 cm³/mol. The van der Waals surface area contributed by atoms with Crippen LogP contribution in [0, 0.1) is 0 Å². The summed E-state index contributed by atoms with van der Waals surface area (Å²) in [4.78, 5) is 0. The van der Waals surface area contributed by atoms with Crippen LogP contribution in [0.5, 0.6) is 0 Å². The largest absolute Gasteiger partial charge is 0.125 e. The zero-order valence-corrected chi connectivity index (χ0v) is 11.2. The molecule has 2 aromatic rings. The second kappa shape index (κ2) is 5.19. The van der Waals surface area contributed by atoms with Gasteiger partial charge in [0.25, 0.3) is 0 Å². The van der Waals surface area contributed by atoms with Gasteiger partial charge in [-0.2, -0.15) is 0 Å². The molecule has 0 fully saturated rings. The van der Waals surface area contributed by atoms with Gasteiger partial charge in [0, 0.05) is 15.7 Å². The van der Waals surface area contributed by atoms with Crippen molar-refractivity contribution in [2.24, 2.45) is 0 Å². The Hall–Kier alpha value is -0.550. The zero-order chi connectivity index (χ0) is 11.5. The lowest BCUT2D eigenvalue weighted by atomic mass is 10.0. The molecule has 0 bridgehead atoms. The SMILES string of the molecule is PC(c1ccc(Cl)cc1)c1ccc(Cl)cc1. The fourth-order valence-corrected chi connectivity index (χ4v) is 2.23. The molecule has 0 aliphatic heterocycles. The summed E-state index contributed by atoms with van der Waals surface area (Å²) >= 11 is 11.7. The Morgan fingerprint density at radius 2 is 1.00 bits per heavy atom. The highest BCUT2D eigenvalue weighted by Crippen LogP contribution is 2.31. The molecule has 0 nitrogen and oxygen atoms in total. The molecular weight excluding hydrogens is 258 g/mol. The van der Waals surface area contributed by atoms with Crippen molar-refractivity contribution in [1.29, 1.82) is 0 Å². The van der Waals surface area contributed by atoms with E-state index in [1.165, 1.54) is 11.1 Å². The molecule has 0 aliphatic rings. The van der Waals surface area contributed by atoms with Gasteiger partial charge < -0.3 is 0 Å². The molecule has 0 N–H and O–H groups in total. The Kier molecular flexibility index (Phi) is 3.86. The van der Waals surface area contributed by atoms with Crippen LogP contribution in [-0.4, -0.2) is 0 Å². The van der Waals surface area contributed by atoms with Crippen molar-refractivity contribution in [1.82, 2.24) is 0 Å².